The van der Waals surface area contributed by atoms with Crippen molar-refractivity contribution >= 4 is 33.6 Å². The molecule has 0 aliphatic rings. The Balaban J connectivity index is 2.21. The van der Waals surface area contributed by atoms with Gasteiger partial charge in [0.2, 0.25) is 6.33 Å². The topological polar surface area (TPSA) is 128 Å². The van der Waals surface area contributed by atoms with Gasteiger partial charge in [0.15, 0.2) is 11.8 Å². The van der Waals surface area contributed by atoms with Crippen molar-refractivity contribution in [3.63, 3.8) is 0 Å². The van der Waals surface area contributed by atoms with Gasteiger partial charge in [0.25, 0.3) is 0 Å². The van der Waals surface area contributed by atoms with Crippen LogP contribution in [0.5, 0.6) is 0 Å². The second-order valence-electron chi connectivity index (χ2n) is 4.27. The fourth-order valence-electron chi connectivity index (χ4n) is 1.72. The molecule has 1 N–H and O–H groups in total. The molecule has 0 saturated heterocycles. The summed E-state index contributed by atoms with van der Waals surface area (Å²) in [4.78, 5) is 36.5. The van der Waals surface area contributed by atoms with Crippen LogP contribution in [0, 0.1) is 10.1 Å². The molecular weight excluding hydrogens is 360 g/mol. The number of carboxylic acids is 1. The zero-order valence-electron chi connectivity index (χ0n) is 10.9. The van der Waals surface area contributed by atoms with Crippen molar-refractivity contribution in [2.75, 3.05) is 0 Å². The molecule has 1 heterocycles. The third-order valence-corrected chi connectivity index (χ3v) is 3.34. The summed E-state index contributed by atoms with van der Waals surface area (Å²) in [6.07, 6.45) is 0.531. The Kier molecular flexibility index (Phi) is 4.61. The van der Waals surface area contributed by atoms with Gasteiger partial charge in [-0.05, 0) is 17.1 Å². The summed E-state index contributed by atoms with van der Waals surface area (Å²) in [5, 5.41) is 23.2. The first kappa shape index (κ1) is 15.8. The van der Waals surface area contributed by atoms with Gasteiger partial charge < -0.3 is 15.2 Å². The first-order chi connectivity index (χ1) is 10.4. The highest BCUT2D eigenvalue weighted by Crippen LogP contribution is 2.18. The Morgan fingerprint density at radius 1 is 1.36 bits per heavy atom. The van der Waals surface area contributed by atoms with Crippen molar-refractivity contribution in [1.82, 2.24) is 14.8 Å². The summed E-state index contributed by atoms with van der Waals surface area (Å²) in [5.74, 6) is -2.47. The highest BCUT2D eigenvalue weighted by atomic mass is 79.9. The van der Waals surface area contributed by atoms with Crippen molar-refractivity contribution < 1.29 is 19.6 Å². The average Bonchev–Trinajstić information content (AvgIpc) is 2.94. The highest BCUT2D eigenvalue weighted by molar-refractivity contribution is 9.10. The molecule has 0 saturated carbocycles. The Morgan fingerprint density at radius 2 is 2.00 bits per heavy atom. The summed E-state index contributed by atoms with van der Waals surface area (Å²) in [6, 6.07) is 5.05. The molecule has 0 aliphatic carbocycles. The third kappa shape index (κ3) is 3.52. The van der Waals surface area contributed by atoms with Crippen LogP contribution in [0.3, 0.4) is 0 Å². The molecule has 0 fully saturated rings. The van der Waals surface area contributed by atoms with Crippen LogP contribution in [0.15, 0.2) is 35.1 Å². The number of aromatic nitrogens is 3. The van der Waals surface area contributed by atoms with Crippen molar-refractivity contribution in [3.05, 3.63) is 50.7 Å². The Labute approximate surface area is 131 Å². The first-order valence-electron chi connectivity index (χ1n) is 5.95. The highest BCUT2D eigenvalue weighted by Gasteiger charge is 2.29. The number of carbonyl (C=O) groups excluding carboxylic acids is 1. The predicted octanol–water partition coefficient (Wildman–Crippen LogP) is 1.85. The number of hydrogen-bond acceptors (Lipinski definition) is 6. The maximum atomic E-state index is 12.1. The number of nitro groups is 1. The van der Waals surface area contributed by atoms with Gasteiger partial charge in [0.05, 0.1) is 0 Å². The van der Waals surface area contributed by atoms with E-state index in [2.05, 4.69) is 26.0 Å². The molecule has 10 heteroatoms. The van der Waals surface area contributed by atoms with E-state index in [9.17, 15) is 24.8 Å². The van der Waals surface area contributed by atoms with Crippen molar-refractivity contribution in [2.45, 2.75) is 12.5 Å². The second kappa shape index (κ2) is 6.43. The number of carboxylic acid groups (broad SMARTS) is 1. The molecule has 114 valence electrons. The van der Waals surface area contributed by atoms with E-state index in [1.807, 2.05) is 0 Å². The smallest absolute Gasteiger partial charge is 0.480 e. The van der Waals surface area contributed by atoms with Gasteiger partial charge in [-0.2, -0.15) is 4.68 Å². The molecule has 2 aromatic rings. The van der Waals surface area contributed by atoms with Gasteiger partial charge in [-0.15, -0.1) is 0 Å². The summed E-state index contributed by atoms with van der Waals surface area (Å²) in [6.45, 7) is 0. The van der Waals surface area contributed by atoms with E-state index in [-0.39, 0.29) is 0 Å². The molecule has 0 bridgehead atoms. The normalized spacial score (nSPS) is 11.9. The lowest BCUT2D eigenvalue weighted by Crippen LogP contribution is -2.23. The minimum atomic E-state index is -1.36. The first-order valence-corrected chi connectivity index (χ1v) is 6.75. The van der Waals surface area contributed by atoms with Crippen LogP contribution in [-0.4, -0.2) is 36.5 Å². The zero-order valence-corrected chi connectivity index (χ0v) is 12.5. The average molecular weight is 369 g/mol. The number of aliphatic carboxylic acids is 1. The number of nitrogens with zero attached hydrogens (tertiary/aromatic N) is 4. The molecule has 2 rings (SSSR count). The third-order valence-electron chi connectivity index (χ3n) is 2.81. The number of halogens is 1. The monoisotopic (exact) mass is 368 g/mol. The van der Waals surface area contributed by atoms with Crippen molar-refractivity contribution in [1.29, 1.82) is 0 Å². The molecule has 0 spiro atoms. The largest absolute Gasteiger partial charge is 0.490 e. The van der Waals surface area contributed by atoms with E-state index >= 15 is 0 Å². The number of ketones is 1. The lowest BCUT2D eigenvalue weighted by atomic mass is 10.0. The molecule has 1 aromatic carbocycles. The van der Waals surface area contributed by atoms with Crippen LogP contribution in [-0.2, 0) is 4.79 Å². The summed E-state index contributed by atoms with van der Waals surface area (Å²) < 4.78 is 1.59. The van der Waals surface area contributed by atoms with Gasteiger partial charge in [-0.1, -0.05) is 33.0 Å². The quantitative estimate of drug-likeness (QED) is 0.467. The Hall–Kier alpha value is -2.62. The van der Waals surface area contributed by atoms with Crippen LogP contribution in [0.4, 0.5) is 5.95 Å². The number of hydrogen-bond donors (Lipinski definition) is 1. The standard InChI is InChI=1S/C12H9BrN4O5/c13-8-3-1-7(2-4-8)10(18)5-9(11(19)20)16-6-14-12(15-16)17(21)22/h1-4,6,9H,5H2,(H,19,20). The van der Waals surface area contributed by atoms with Gasteiger partial charge in [-0.3, -0.25) is 4.79 Å². The lowest BCUT2D eigenvalue weighted by molar-refractivity contribution is -0.394. The van der Waals surface area contributed by atoms with Crippen LogP contribution >= 0.6 is 15.9 Å². The molecule has 0 amide bonds. The predicted molar refractivity (Wildman–Crippen MR) is 76.4 cm³/mol. The maximum absolute atomic E-state index is 12.1. The lowest BCUT2D eigenvalue weighted by Gasteiger charge is -2.08. The fourth-order valence-corrected chi connectivity index (χ4v) is 1.99. The van der Waals surface area contributed by atoms with Crippen LogP contribution in [0.1, 0.15) is 22.8 Å². The van der Waals surface area contributed by atoms with Crippen LogP contribution < -0.4 is 0 Å². The minimum Gasteiger partial charge on any atom is -0.480 e. The summed E-state index contributed by atoms with van der Waals surface area (Å²) in [7, 11) is 0. The Bertz CT molecular complexity index is 727. The number of Topliss-reactive ketones (excluding diaryl/α,β-unsaturated/α-hetero) is 1. The van der Waals surface area contributed by atoms with E-state index < -0.39 is 35.1 Å². The van der Waals surface area contributed by atoms with Gasteiger partial charge in [-0.25, -0.2) is 4.79 Å². The number of carbonyl (C=O) groups is 2. The fraction of sp³-hybridized carbons (Fsp3) is 0.167. The van der Waals surface area contributed by atoms with Gasteiger partial charge in [0.1, 0.15) is 0 Å². The summed E-state index contributed by atoms with van der Waals surface area (Å²) in [5.41, 5.74) is 0.337. The van der Waals surface area contributed by atoms with E-state index in [1.165, 1.54) is 0 Å². The molecule has 0 radical (unpaired) electrons. The van der Waals surface area contributed by atoms with Gasteiger partial charge >= 0.3 is 11.9 Å². The molecule has 1 atom stereocenters. The molecule has 9 nitrogen and oxygen atoms in total. The van der Waals surface area contributed by atoms with Crippen molar-refractivity contribution in [3.8, 4) is 0 Å². The van der Waals surface area contributed by atoms with E-state index in [0.717, 1.165) is 15.5 Å². The van der Waals surface area contributed by atoms with E-state index in [1.54, 1.807) is 24.3 Å². The number of rotatable bonds is 6. The minimum absolute atomic E-state index is 0.337. The second-order valence-corrected chi connectivity index (χ2v) is 5.19. The van der Waals surface area contributed by atoms with E-state index in [4.69, 9.17) is 0 Å². The van der Waals surface area contributed by atoms with E-state index in [0.29, 0.717) is 5.56 Å². The number of benzene rings is 1. The van der Waals surface area contributed by atoms with Crippen LogP contribution in [0.2, 0.25) is 0 Å². The molecule has 1 unspecified atom stereocenters. The SMILES string of the molecule is O=C(CC(C(=O)O)n1cnc([N+](=O)[O-])n1)c1ccc(Br)cc1. The van der Waals surface area contributed by atoms with Gasteiger partial charge in [0, 0.05) is 21.6 Å². The van der Waals surface area contributed by atoms with Crippen molar-refractivity contribution in [2.24, 2.45) is 0 Å². The zero-order chi connectivity index (χ0) is 16.3. The molecular formula is C12H9BrN4O5. The molecule has 0 aliphatic heterocycles. The molecule has 22 heavy (non-hydrogen) atoms. The van der Waals surface area contributed by atoms with Crippen LogP contribution in [0.25, 0.3) is 0 Å². The summed E-state index contributed by atoms with van der Waals surface area (Å²) >= 11 is 3.23. The molecule has 1 aromatic heterocycles. The maximum Gasteiger partial charge on any atom is 0.490 e. The Morgan fingerprint density at radius 3 is 2.50 bits per heavy atom.